The summed E-state index contributed by atoms with van der Waals surface area (Å²) in [6, 6.07) is 14.0. The Morgan fingerprint density at radius 3 is 2.45 bits per heavy atom. The molecule has 5 rings (SSSR count). The minimum absolute atomic E-state index is 0.0904. The highest BCUT2D eigenvalue weighted by Crippen LogP contribution is 2.30. The number of hydrogen-bond donors (Lipinski definition) is 0. The third-order valence-corrected chi connectivity index (χ3v) is 7.51. The first-order chi connectivity index (χ1) is 16.1. The molecular weight excluding hydrogens is 432 g/mol. The summed E-state index contributed by atoms with van der Waals surface area (Å²) >= 11 is 1.62. The van der Waals surface area contributed by atoms with Crippen LogP contribution >= 0.6 is 11.3 Å². The lowest BCUT2D eigenvalue weighted by Gasteiger charge is -2.39. The number of para-hydroxylation sites is 1. The topological polar surface area (TPSA) is 50.6 Å². The van der Waals surface area contributed by atoms with E-state index < -0.39 is 0 Å². The number of aromatic nitrogens is 2. The minimum atomic E-state index is 0.0904. The molecular formula is C26H32N4O2S. The van der Waals surface area contributed by atoms with Crippen molar-refractivity contribution in [1.82, 2.24) is 19.6 Å². The maximum atomic E-state index is 13.6. The van der Waals surface area contributed by atoms with Gasteiger partial charge in [-0.2, -0.15) is 5.10 Å². The first-order valence-electron chi connectivity index (χ1n) is 11.9. The van der Waals surface area contributed by atoms with Crippen LogP contribution in [0.1, 0.15) is 37.0 Å². The monoisotopic (exact) mass is 464 g/mol. The van der Waals surface area contributed by atoms with Gasteiger partial charge in [0.05, 0.1) is 28.3 Å². The van der Waals surface area contributed by atoms with E-state index in [1.54, 1.807) is 11.3 Å². The highest BCUT2D eigenvalue weighted by atomic mass is 32.1. The second kappa shape index (κ2) is 9.79. The number of likely N-dealkylation sites (tertiary alicyclic amines) is 1. The predicted molar refractivity (Wildman–Crippen MR) is 132 cm³/mol. The molecule has 2 aliphatic heterocycles. The zero-order chi connectivity index (χ0) is 22.8. The van der Waals surface area contributed by atoms with Crippen LogP contribution in [-0.2, 0) is 4.74 Å². The van der Waals surface area contributed by atoms with Crippen LogP contribution in [0.15, 0.2) is 54.0 Å². The Morgan fingerprint density at radius 1 is 1.06 bits per heavy atom. The number of morpholine rings is 1. The first-order valence-corrected chi connectivity index (χ1v) is 12.8. The van der Waals surface area contributed by atoms with Gasteiger partial charge in [0, 0.05) is 38.9 Å². The zero-order valence-electron chi connectivity index (χ0n) is 19.4. The molecule has 6 nitrogen and oxygen atoms in total. The van der Waals surface area contributed by atoms with Crippen LogP contribution in [0.5, 0.6) is 0 Å². The number of hydrogen-bond acceptors (Lipinski definition) is 5. The van der Waals surface area contributed by atoms with Crippen LogP contribution in [-0.4, -0.2) is 70.4 Å². The summed E-state index contributed by atoms with van der Waals surface area (Å²) in [5.74, 6) is 0.725. The molecule has 2 saturated heterocycles. The number of benzene rings is 1. The van der Waals surface area contributed by atoms with Crippen molar-refractivity contribution in [2.75, 3.05) is 32.7 Å². The van der Waals surface area contributed by atoms with E-state index in [9.17, 15) is 4.79 Å². The van der Waals surface area contributed by atoms with Gasteiger partial charge >= 0.3 is 0 Å². The van der Waals surface area contributed by atoms with Gasteiger partial charge < -0.3 is 9.64 Å². The Kier molecular flexibility index (Phi) is 6.62. The van der Waals surface area contributed by atoms with E-state index in [0.717, 1.165) is 61.8 Å². The Hall–Kier alpha value is -2.48. The summed E-state index contributed by atoms with van der Waals surface area (Å²) < 4.78 is 7.71. The van der Waals surface area contributed by atoms with Crippen molar-refractivity contribution in [3.05, 3.63) is 59.6 Å². The second-order valence-electron chi connectivity index (χ2n) is 9.36. The standard InChI is InChI=1S/C26H32N4O2S/c1-19-15-28(16-20(2)32-19)17-21-10-12-29(13-11-21)26(31)23-18-30(22-7-4-3-5-8-22)27-25(23)24-9-6-14-33-24/h3-9,14,18-21H,10-13,15-17H2,1-2H3. The fourth-order valence-electron chi connectivity index (χ4n) is 5.13. The fraction of sp³-hybridized carbons (Fsp3) is 0.462. The number of nitrogens with zero attached hydrogens (tertiary/aromatic N) is 4. The van der Waals surface area contributed by atoms with E-state index in [1.165, 1.54) is 0 Å². The number of rotatable bonds is 5. The minimum Gasteiger partial charge on any atom is -0.373 e. The number of carbonyl (C=O) groups is 1. The van der Waals surface area contributed by atoms with Gasteiger partial charge in [0.15, 0.2) is 0 Å². The molecule has 0 N–H and O–H groups in total. The summed E-state index contributed by atoms with van der Waals surface area (Å²) in [7, 11) is 0. The molecule has 7 heteroatoms. The maximum Gasteiger partial charge on any atom is 0.257 e. The SMILES string of the molecule is CC1CN(CC2CCN(C(=O)c3cn(-c4ccccc4)nc3-c3cccs3)CC2)CC(C)O1. The molecule has 2 fully saturated rings. The summed E-state index contributed by atoms with van der Waals surface area (Å²) in [4.78, 5) is 19.2. The molecule has 0 bridgehead atoms. The van der Waals surface area contributed by atoms with Crippen LogP contribution in [0.3, 0.4) is 0 Å². The molecule has 33 heavy (non-hydrogen) atoms. The molecule has 0 saturated carbocycles. The largest absolute Gasteiger partial charge is 0.373 e. The summed E-state index contributed by atoms with van der Waals surface area (Å²) in [6.07, 6.45) is 4.59. The van der Waals surface area contributed by atoms with Gasteiger partial charge in [-0.3, -0.25) is 9.69 Å². The van der Waals surface area contributed by atoms with Gasteiger partial charge in [0.1, 0.15) is 5.69 Å². The molecule has 1 amide bonds. The van der Waals surface area contributed by atoms with Gasteiger partial charge in [-0.25, -0.2) is 4.68 Å². The van der Waals surface area contributed by atoms with Crippen LogP contribution < -0.4 is 0 Å². The van der Waals surface area contributed by atoms with Gasteiger partial charge in [-0.15, -0.1) is 11.3 Å². The lowest BCUT2D eigenvalue weighted by molar-refractivity contribution is -0.0728. The molecule has 2 atom stereocenters. The molecule has 2 aliphatic rings. The summed E-state index contributed by atoms with van der Waals surface area (Å²) in [5.41, 5.74) is 2.43. The van der Waals surface area contributed by atoms with Crippen molar-refractivity contribution in [2.24, 2.45) is 5.92 Å². The normalized spacial score (nSPS) is 22.5. The van der Waals surface area contributed by atoms with E-state index >= 15 is 0 Å². The van der Waals surface area contributed by atoms with Crippen molar-refractivity contribution in [3.63, 3.8) is 0 Å². The van der Waals surface area contributed by atoms with Crippen molar-refractivity contribution >= 4 is 17.2 Å². The highest BCUT2D eigenvalue weighted by Gasteiger charge is 2.30. The third-order valence-electron chi connectivity index (χ3n) is 6.63. The highest BCUT2D eigenvalue weighted by molar-refractivity contribution is 7.13. The number of ether oxygens (including phenoxy) is 1. The number of amides is 1. The molecule has 3 aromatic rings. The number of piperidine rings is 1. The number of carbonyl (C=O) groups excluding carboxylic acids is 1. The first kappa shape index (κ1) is 22.3. The lowest BCUT2D eigenvalue weighted by atomic mass is 9.95. The van der Waals surface area contributed by atoms with Crippen molar-refractivity contribution in [3.8, 4) is 16.3 Å². The van der Waals surface area contributed by atoms with E-state index in [0.29, 0.717) is 23.7 Å². The van der Waals surface area contributed by atoms with Crippen molar-refractivity contribution in [1.29, 1.82) is 0 Å². The van der Waals surface area contributed by atoms with E-state index in [4.69, 9.17) is 9.84 Å². The molecule has 2 aromatic heterocycles. The third kappa shape index (κ3) is 5.05. The molecule has 0 radical (unpaired) electrons. The zero-order valence-corrected chi connectivity index (χ0v) is 20.2. The molecule has 2 unspecified atom stereocenters. The lowest BCUT2D eigenvalue weighted by Crippen LogP contribution is -2.48. The smallest absolute Gasteiger partial charge is 0.257 e. The Balaban J connectivity index is 1.28. The molecule has 4 heterocycles. The number of thiophene rings is 1. The summed E-state index contributed by atoms with van der Waals surface area (Å²) in [6.45, 7) is 9.04. The van der Waals surface area contributed by atoms with Crippen LogP contribution in [0.2, 0.25) is 0 Å². The van der Waals surface area contributed by atoms with E-state index in [1.807, 2.05) is 63.6 Å². The molecule has 174 valence electrons. The predicted octanol–water partition coefficient (Wildman–Crippen LogP) is 4.56. The van der Waals surface area contributed by atoms with Gasteiger partial charge in [-0.05, 0) is 56.2 Å². The van der Waals surface area contributed by atoms with Crippen LogP contribution in [0.4, 0.5) is 0 Å². The average molecular weight is 465 g/mol. The van der Waals surface area contributed by atoms with Crippen LogP contribution in [0, 0.1) is 5.92 Å². The fourth-order valence-corrected chi connectivity index (χ4v) is 5.85. The van der Waals surface area contributed by atoms with Gasteiger partial charge in [0.2, 0.25) is 0 Å². The maximum absolute atomic E-state index is 13.6. The average Bonchev–Trinajstić information content (AvgIpc) is 3.49. The van der Waals surface area contributed by atoms with Gasteiger partial charge in [0.25, 0.3) is 5.91 Å². The van der Waals surface area contributed by atoms with Gasteiger partial charge in [-0.1, -0.05) is 24.3 Å². The van der Waals surface area contributed by atoms with E-state index in [-0.39, 0.29) is 5.91 Å². The Bertz CT molecular complexity index is 1050. The molecule has 0 aliphatic carbocycles. The molecule has 0 spiro atoms. The summed E-state index contributed by atoms with van der Waals surface area (Å²) in [5, 5.41) is 6.84. The quantitative estimate of drug-likeness (QED) is 0.555. The van der Waals surface area contributed by atoms with Crippen molar-refractivity contribution < 1.29 is 9.53 Å². The Morgan fingerprint density at radius 2 is 1.79 bits per heavy atom. The van der Waals surface area contributed by atoms with E-state index in [2.05, 4.69) is 18.7 Å². The van der Waals surface area contributed by atoms with Crippen LogP contribution in [0.25, 0.3) is 16.3 Å². The second-order valence-corrected chi connectivity index (χ2v) is 10.3. The molecule has 1 aromatic carbocycles. The Labute approximate surface area is 199 Å². The van der Waals surface area contributed by atoms with Crippen molar-refractivity contribution in [2.45, 2.75) is 38.9 Å².